The van der Waals surface area contributed by atoms with E-state index in [9.17, 15) is 27.6 Å². The van der Waals surface area contributed by atoms with Crippen molar-refractivity contribution in [1.29, 1.82) is 0 Å². The second-order valence-electron chi connectivity index (χ2n) is 8.83. The number of hydrogen-bond donors (Lipinski definition) is 0. The third kappa shape index (κ3) is 6.33. The Hall–Kier alpha value is -4.31. The van der Waals surface area contributed by atoms with Crippen LogP contribution in [0.25, 0.3) is 0 Å². The van der Waals surface area contributed by atoms with Crippen LogP contribution in [-0.2, 0) is 37.3 Å². The highest BCUT2D eigenvalue weighted by atomic mass is 32.2. The van der Waals surface area contributed by atoms with Crippen LogP contribution in [0.3, 0.4) is 0 Å². The average Bonchev–Trinajstić information content (AvgIpc) is 3.16. The Morgan fingerprint density at radius 3 is 1.92 bits per heavy atom. The predicted molar refractivity (Wildman–Crippen MR) is 137 cm³/mol. The Bertz CT molecular complexity index is 1470. The van der Waals surface area contributed by atoms with Gasteiger partial charge in [0.05, 0.1) is 22.4 Å². The van der Waals surface area contributed by atoms with Crippen LogP contribution < -0.4 is 0 Å². The molecule has 2 amide bonds. The summed E-state index contributed by atoms with van der Waals surface area (Å²) in [4.78, 5) is 52.8. The first kappa shape index (κ1) is 26.7. The molecule has 0 radical (unpaired) electrons. The number of nitrogens with zero attached hydrogens (tertiary/aromatic N) is 1. The van der Waals surface area contributed by atoms with Gasteiger partial charge in [0.15, 0.2) is 0 Å². The van der Waals surface area contributed by atoms with Crippen molar-refractivity contribution in [2.24, 2.45) is 0 Å². The van der Waals surface area contributed by atoms with Gasteiger partial charge in [-0.25, -0.2) is 18.0 Å². The number of rotatable bonds is 10. The SMILES string of the molecule is CS(=O)(=O)CC[C@H](C(=O)OCc1ccccc1)N1C(=O)c2ccc(C(=O)OCc3ccccc3)cc2C1=O. The number of amides is 2. The number of carbonyl (C=O) groups excluding carboxylic acids is 4. The number of benzene rings is 3. The van der Waals surface area contributed by atoms with Crippen molar-refractivity contribution in [2.45, 2.75) is 25.7 Å². The van der Waals surface area contributed by atoms with E-state index < -0.39 is 45.4 Å². The van der Waals surface area contributed by atoms with Gasteiger partial charge in [-0.15, -0.1) is 0 Å². The summed E-state index contributed by atoms with van der Waals surface area (Å²) in [6.07, 6.45) is 0.666. The molecule has 0 aliphatic carbocycles. The molecule has 10 heteroatoms. The van der Waals surface area contributed by atoms with Gasteiger partial charge in [-0.1, -0.05) is 60.7 Å². The van der Waals surface area contributed by atoms with Gasteiger partial charge in [-0.3, -0.25) is 14.5 Å². The van der Waals surface area contributed by atoms with Crippen LogP contribution in [0.2, 0.25) is 0 Å². The van der Waals surface area contributed by atoms with Gasteiger partial charge in [0.1, 0.15) is 29.1 Å². The lowest BCUT2D eigenvalue weighted by Gasteiger charge is -2.24. The molecule has 0 bridgehead atoms. The predicted octanol–water partition coefficient (Wildman–Crippen LogP) is 3.19. The lowest BCUT2D eigenvalue weighted by Crippen LogP contribution is -2.46. The summed E-state index contributed by atoms with van der Waals surface area (Å²) in [6, 6.07) is 20.3. The van der Waals surface area contributed by atoms with E-state index in [-0.39, 0.29) is 36.3 Å². The monoisotopic (exact) mass is 535 g/mol. The Labute approximate surface area is 219 Å². The summed E-state index contributed by atoms with van der Waals surface area (Å²) >= 11 is 0. The minimum atomic E-state index is -3.52. The highest BCUT2D eigenvalue weighted by Gasteiger charge is 2.44. The summed E-state index contributed by atoms with van der Waals surface area (Å²) in [5.74, 6) is -3.63. The molecule has 0 N–H and O–H groups in total. The van der Waals surface area contributed by atoms with Crippen LogP contribution in [0.5, 0.6) is 0 Å². The van der Waals surface area contributed by atoms with Crippen molar-refractivity contribution in [1.82, 2.24) is 4.90 Å². The van der Waals surface area contributed by atoms with Crippen LogP contribution in [0, 0.1) is 0 Å². The minimum Gasteiger partial charge on any atom is -0.459 e. The van der Waals surface area contributed by atoms with Gasteiger partial charge in [-0.2, -0.15) is 0 Å². The molecule has 1 aliphatic heterocycles. The number of esters is 2. The number of ether oxygens (including phenoxy) is 2. The maximum Gasteiger partial charge on any atom is 0.338 e. The fraction of sp³-hybridized carbons (Fsp3) is 0.214. The smallest absolute Gasteiger partial charge is 0.338 e. The molecule has 3 aromatic carbocycles. The van der Waals surface area contributed by atoms with Gasteiger partial charge < -0.3 is 9.47 Å². The average molecular weight is 536 g/mol. The molecule has 38 heavy (non-hydrogen) atoms. The maximum absolute atomic E-state index is 13.3. The Morgan fingerprint density at radius 2 is 1.34 bits per heavy atom. The fourth-order valence-corrected chi connectivity index (χ4v) is 4.63. The molecule has 0 unspecified atom stereocenters. The summed E-state index contributed by atoms with van der Waals surface area (Å²) in [5, 5.41) is 0. The van der Waals surface area contributed by atoms with Crippen LogP contribution in [-0.4, -0.2) is 55.1 Å². The van der Waals surface area contributed by atoms with E-state index >= 15 is 0 Å². The number of imide groups is 1. The standard InChI is InChI=1S/C28H25NO8S/c1-38(34,35)15-14-24(28(33)37-18-20-10-6-3-7-11-20)29-25(30)22-13-12-21(16-23(22)26(29)31)27(32)36-17-19-8-4-2-5-9-19/h2-13,16,24H,14-15,17-18H2,1H3/t24-/m1/s1. The van der Waals surface area contributed by atoms with Gasteiger partial charge in [0, 0.05) is 6.26 Å². The minimum absolute atomic E-state index is 0.00479. The van der Waals surface area contributed by atoms with Crippen molar-refractivity contribution in [3.05, 3.63) is 107 Å². The Kier molecular flexibility index (Phi) is 8.02. The molecular weight excluding hydrogens is 510 g/mol. The maximum atomic E-state index is 13.3. The molecule has 0 aromatic heterocycles. The number of hydrogen-bond acceptors (Lipinski definition) is 8. The summed E-state index contributed by atoms with van der Waals surface area (Å²) < 4.78 is 34.3. The number of carbonyl (C=O) groups is 4. The molecule has 0 spiro atoms. The van der Waals surface area contributed by atoms with E-state index in [2.05, 4.69) is 0 Å². The van der Waals surface area contributed by atoms with E-state index in [1.54, 1.807) is 42.5 Å². The van der Waals surface area contributed by atoms with Crippen LogP contribution >= 0.6 is 0 Å². The van der Waals surface area contributed by atoms with Crippen molar-refractivity contribution >= 4 is 33.6 Å². The first-order chi connectivity index (χ1) is 18.1. The quantitative estimate of drug-likeness (QED) is 0.286. The van der Waals surface area contributed by atoms with E-state index in [4.69, 9.17) is 9.47 Å². The van der Waals surface area contributed by atoms with Crippen molar-refractivity contribution in [3.63, 3.8) is 0 Å². The zero-order valence-electron chi connectivity index (χ0n) is 20.5. The third-order valence-electron chi connectivity index (χ3n) is 5.94. The van der Waals surface area contributed by atoms with E-state index in [1.165, 1.54) is 18.2 Å². The molecule has 9 nitrogen and oxygen atoms in total. The zero-order valence-corrected chi connectivity index (χ0v) is 21.3. The van der Waals surface area contributed by atoms with Crippen molar-refractivity contribution in [3.8, 4) is 0 Å². The van der Waals surface area contributed by atoms with E-state index in [0.29, 0.717) is 10.5 Å². The largest absolute Gasteiger partial charge is 0.459 e. The summed E-state index contributed by atoms with van der Waals surface area (Å²) in [6.45, 7) is -0.0911. The van der Waals surface area contributed by atoms with Crippen molar-refractivity contribution < 1.29 is 37.1 Å². The normalized spacial score (nSPS) is 13.7. The van der Waals surface area contributed by atoms with Gasteiger partial charge in [0.2, 0.25) is 0 Å². The van der Waals surface area contributed by atoms with Crippen LogP contribution in [0.4, 0.5) is 0 Å². The van der Waals surface area contributed by atoms with Crippen LogP contribution in [0.15, 0.2) is 78.9 Å². The Morgan fingerprint density at radius 1 is 0.789 bits per heavy atom. The van der Waals surface area contributed by atoms with Gasteiger partial charge in [-0.05, 0) is 35.7 Å². The highest BCUT2D eigenvalue weighted by Crippen LogP contribution is 2.28. The van der Waals surface area contributed by atoms with Gasteiger partial charge >= 0.3 is 11.9 Å². The highest BCUT2D eigenvalue weighted by molar-refractivity contribution is 7.90. The Balaban J connectivity index is 1.54. The van der Waals surface area contributed by atoms with Crippen LogP contribution in [0.1, 0.15) is 48.6 Å². The lowest BCUT2D eigenvalue weighted by molar-refractivity contribution is -0.149. The lowest BCUT2D eigenvalue weighted by atomic mass is 10.1. The number of fused-ring (bicyclic) bond motifs is 1. The molecule has 3 aromatic rings. The topological polar surface area (TPSA) is 124 Å². The second kappa shape index (κ2) is 11.4. The molecule has 0 fully saturated rings. The molecule has 1 atom stereocenters. The molecule has 0 saturated carbocycles. The summed E-state index contributed by atoms with van der Waals surface area (Å²) in [5.41, 5.74) is 1.44. The van der Waals surface area contributed by atoms with Gasteiger partial charge in [0.25, 0.3) is 11.8 Å². The molecule has 0 saturated heterocycles. The molecule has 196 valence electrons. The first-order valence-corrected chi connectivity index (χ1v) is 13.8. The second-order valence-corrected chi connectivity index (χ2v) is 11.1. The molecule has 1 aliphatic rings. The first-order valence-electron chi connectivity index (χ1n) is 11.8. The summed E-state index contributed by atoms with van der Waals surface area (Å²) in [7, 11) is -3.52. The third-order valence-corrected chi connectivity index (χ3v) is 6.91. The fourth-order valence-electron chi connectivity index (χ4n) is 3.98. The molecule has 1 heterocycles. The zero-order chi connectivity index (χ0) is 27.3. The van der Waals surface area contributed by atoms with Crippen molar-refractivity contribution in [2.75, 3.05) is 12.0 Å². The molecule has 4 rings (SSSR count). The van der Waals surface area contributed by atoms with E-state index in [1.807, 2.05) is 18.2 Å². The molecular formula is C28H25NO8S. The number of sulfone groups is 1. The van der Waals surface area contributed by atoms with E-state index in [0.717, 1.165) is 11.8 Å².